The van der Waals surface area contributed by atoms with Gasteiger partial charge in [-0.3, -0.25) is 4.79 Å². The molecule has 0 aromatic heterocycles. The summed E-state index contributed by atoms with van der Waals surface area (Å²) in [5.41, 5.74) is 5.13. The third-order valence-corrected chi connectivity index (χ3v) is 4.65. The van der Waals surface area contributed by atoms with Gasteiger partial charge >= 0.3 is 0 Å². The minimum Gasteiger partial charge on any atom is -0.378 e. The molecular weight excluding hydrogens is 336 g/mol. The highest BCUT2D eigenvalue weighted by Gasteiger charge is 2.15. The van der Waals surface area contributed by atoms with Crippen LogP contribution in [0.4, 0.5) is 11.4 Å². The molecule has 1 heterocycles. The molecule has 3 rings (SSSR count). The Bertz CT molecular complexity index is 747. The van der Waals surface area contributed by atoms with Gasteiger partial charge in [0.1, 0.15) is 0 Å². The van der Waals surface area contributed by atoms with Crippen LogP contribution < -0.4 is 10.2 Å². The Morgan fingerprint density at radius 3 is 2.48 bits per heavy atom. The highest BCUT2D eigenvalue weighted by Crippen LogP contribution is 2.28. The highest BCUT2D eigenvalue weighted by atomic mass is 35.5. The zero-order chi connectivity index (χ0) is 17.8. The average molecular weight is 359 g/mol. The van der Waals surface area contributed by atoms with Crippen LogP contribution in [0, 0.1) is 13.8 Å². The normalized spacial score (nSPS) is 14.4. The lowest BCUT2D eigenvalue weighted by molar-refractivity contribution is -0.115. The Balaban J connectivity index is 1.72. The first-order valence-electron chi connectivity index (χ1n) is 8.51. The number of ether oxygens (including phenoxy) is 1. The summed E-state index contributed by atoms with van der Waals surface area (Å²) < 4.78 is 5.41. The first-order valence-corrected chi connectivity index (χ1v) is 8.89. The fourth-order valence-corrected chi connectivity index (χ4v) is 3.37. The first-order chi connectivity index (χ1) is 12.0. The molecule has 1 amide bonds. The van der Waals surface area contributed by atoms with E-state index in [2.05, 4.69) is 22.3 Å². The maximum Gasteiger partial charge on any atom is 0.228 e. The highest BCUT2D eigenvalue weighted by molar-refractivity contribution is 6.30. The first kappa shape index (κ1) is 17.8. The maximum absolute atomic E-state index is 12.4. The van der Waals surface area contributed by atoms with Crippen LogP contribution in [0.15, 0.2) is 36.4 Å². The number of benzene rings is 2. The average Bonchev–Trinajstić information content (AvgIpc) is 2.59. The van der Waals surface area contributed by atoms with Gasteiger partial charge in [0.2, 0.25) is 5.91 Å². The van der Waals surface area contributed by atoms with Crippen LogP contribution in [0.1, 0.15) is 16.7 Å². The van der Waals surface area contributed by atoms with E-state index >= 15 is 0 Å². The monoisotopic (exact) mass is 358 g/mol. The van der Waals surface area contributed by atoms with Crippen LogP contribution in [0.5, 0.6) is 0 Å². The van der Waals surface area contributed by atoms with Gasteiger partial charge < -0.3 is 15.0 Å². The van der Waals surface area contributed by atoms with Crippen molar-refractivity contribution in [2.24, 2.45) is 0 Å². The van der Waals surface area contributed by atoms with E-state index in [-0.39, 0.29) is 5.91 Å². The number of morpholine rings is 1. The molecule has 0 radical (unpaired) electrons. The Labute approximate surface area is 153 Å². The van der Waals surface area contributed by atoms with Crippen molar-refractivity contribution >= 4 is 28.9 Å². The van der Waals surface area contributed by atoms with Crippen LogP contribution in [-0.2, 0) is 16.0 Å². The van der Waals surface area contributed by atoms with Crippen LogP contribution in [0.2, 0.25) is 5.02 Å². The van der Waals surface area contributed by atoms with E-state index in [1.54, 1.807) is 0 Å². The molecule has 0 spiro atoms. The van der Waals surface area contributed by atoms with Crippen molar-refractivity contribution in [3.63, 3.8) is 0 Å². The maximum atomic E-state index is 12.4. The van der Waals surface area contributed by atoms with Crippen LogP contribution in [-0.4, -0.2) is 32.2 Å². The number of aryl methyl sites for hydroxylation is 2. The van der Waals surface area contributed by atoms with Crippen molar-refractivity contribution in [1.29, 1.82) is 0 Å². The van der Waals surface area contributed by atoms with Gasteiger partial charge in [0.15, 0.2) is 0 Å². The molecule has 1 N–H and O–H groups in total. The zero-order valence-corrected chi connectivity index (χ0v) is 15.4. The van der Waals surface area contributed by atoms with Gasteiger partial charge in [-0.15, -0.1) is 0 Å². The van der Waals surface area contributed by atoms with E-state index in [4.69, 9.17) is 16.3 Å². The molecule has 0 saturated carbocycles. The van der Waals surface area contributed by atoms with E-state index in [1.807, 2.05) is 38.1 Å². The smallest absolute Gasteiger partial charge is 0.228 e. The molecule has 1 aliphatic rings. The Morgan fingerprint density at radius 1 is 1.16 bits per heavy atom. The Morgan fingerprint density at radius 2 is 1.84 bits per heavy atom. The van der Waals surface area contributed by atoms with Gasteiger partial charge in [-0.05, 0) is 54.8 Å². The van der Waals surface area contributed by atoms with Crippen molar-refractivity contribution in [3.8, 4) is 0 Å². The van der Waals surface area contributed by atoms with E-state index < -0.39 is 0 Å². The number of anilines is 2. The standard InChI is InChI=1S/C20H23ClN2O2/c1-14-10-18(23-6-8-25-9-7-23)11-15(2)20(14)22-19(24)13-16-4-3-5-17(21)12-16/h3-5,10-12H,6-9,13H2,1-2H3,(H,22,24). The molecule has 1 fully saturated rings. The molecule has 2 aromatic carbocycles. The second kappa shape index (κ2) is 7.89. The summed E-state index contributed by atoms with van der Waals surface area (Å²) in [6.45, 7) is 7.39. The second-order valence-corrected chi connectivity index (χ2v) is 6.85. The van der Waals surface area contributed by atoms with Crippen molar-refractivity contribution in [1.82, 2.24) is 0 Å². The summed E-state index contributed by atoms with van der Waals surface area (Å²) in [6, 6.07) is 11.7. The lowest BCUT2D eigenvalue weighted by Gasteiger charge is -2.30. The second-order valence-electron chi connectivity index (χ2n) is 6.41. The molecule has 25 heavy (non-hydrogen) atoms. The third kappa shape index (κ3) is 4.53. The fourth-order valence-electron chi connectivity index (χ4n) is 3.16. The molecular formula is C20H23ClN2O2. The number of hydrogen-bond acceptors (Lipinski definition) is 3. The van der Waals surface area contributed by atoms with E-state index in [0.29, 0.717) is 11.4 Å². The molecule has 132 valence electrons. The number of hydrogen-bond donors (Lipinski definition) is 1. The SMILES string of the molecule is Cc1cc(N2CCOCC2)cc(C)c1NC(=O)Cc1cccc(Cl)c1. The number of nitrogens with one attached hydrogen (secondary N) is 1. The Kier molecular flexibility index (Phi) is 5.61. The number of nitrogens with zero attached hydrogens (tertiary/aromatic N) is 1. The largest absolute Gasteiger partial charge is 0.378 e. The minimum absolute atomic E-state index is 0.0346. The summed E-state index contributed by atoms with van der Waals surface area (Å²) in [6.07, 6.45) is 0.310. The molecule has 0 atom stereocenters. The van der Waals surface area contributed by atoms with Gasteiger partial charge in [0.25, 0.3) is 0 Å². The van der Waals surface area contributed by atoms with E-state index in [1.165, 1.54) is 5.69 Å². The quantitative estimate of drug-likeness (QED) is 0.899. The minimum atomic E-state index is -0.0346. The van der Waals surface area contributed by atoms with Gasteiger partial charge in [-0.25, -0.2) is 0 Å². The number of carbonyl (C=O) groups is 1. The van der Waals surface area contributed by atoms with Crippen molar-refractivity contribution in [2.45, 2.75) is 20.3 Å². The summed E-state index contributed by atoms with van der Waals surface area (Å²) in [7, 11) is 0. The van der Waals surface area contributed by atoms with Gasteiger partial charge in [-0.2, -0.15) is 0 Å². The van der Waals surface area contributed by atoms with Crippen molar-refractivity contribution in [3.05, 3.63) is 58.1 Å². The molecule has 2 aromatic rings. The summed E-state index contributed by atoms with van der Waals surface area (Å²) in [4.78, 5) is 14.7. The number of rotatable bonds is 4. The zero-order valence-electron chi connectivity index (χ0n) is 14.6. The van der Waals surface area contributed by atoms with Gasteiger partial charge in [-0.1, -0.05) is 23.7 Å². The molecule has 1 saturated heterocycles. The predicted molar refractivity (Wildman–Crippen MR) is 103 cm³/mol. The predicted octanol–water partition coefficient (Wildman–Crippen LogP) is 3.97. The lowest BCUT2D eigenvalue weighted by Crippen LogP contribution is -2.36. The van der Waals surface area contributed by atoms with Crippen LogP contribution >= 0.6 is 11.6 Å². The van der Waals surface area contributed by atoms with Crippen LogP contribution in [0.25, 0.3) is 0 Å². The molecule has 0 aliphatic carbocycles. The van der Waals surface area contributed by atoms with E-state index in [9.17, 15) is 4.79 Å². The van der Waals surface area contributed by atoms with E-state index in [0.717, 1.165) is 48.7 Å². The summed E-state index contributed by atoms with van der Waals surface area (Å²) in [5.74, 6) is -0.0346. The topological polar surface area (TPSA) is 41.6 Å². The number of halogens is 1. The summed E-state index contributed by atoms with van der Waals surface area (Å²) in [5, 5.41) is 3.70. The van der Waals surface area contributed by atoms with Crippen molar-refractivity contribution in [2.75, 3.05) is 36.5 Å². The third-order valence-electron chi connectivity index (χ3n) is 4.41. The molecule has 0 bridgehead atoms. The molecule has 4 nitrogen and oxygen atoms in total. The Hall–Kier alpha value is -2.04. The van der Waals surface area contributed by atoms with Gasteiger partial charge in [0.05, 0.1) is 19.6 Å². The molecule has 1 aliphatic heterocycles. The lowest BCUT2D eigenvalue weighted by atomic mass is 10.1. The number of amides is 1. The number of carbonyl (C=O) groups excluding carboxylic acids is 1. The fraction of sp³-hybridized carbons (Fsp3) is 0.350. The summed E-state index contributed by atoms with van der Waals surface area (Å²) >= 11 is 5.98. The molecule has 5 heteroatoms. The van der Waals surface area contributed by atoms with Gasteiger partial charge in [0, 0.05) is 29.5 Å². The van der Waals surface area contributed by atoms with Crippen LogP contribution in [0.3, 0.4) is 0 Å². The van der Waals surface area contributed by atoms with Crippen molar-refractivity contribution < 1.29 is 9.53 Å². The molecule has 0 unspecified atom stereocenters.